The number of rotatable bonds is 7. The third-order valence-electron chi connectivity index (χ3n) is 5.09. The van der Waals surface area contributed by atoms with E-state index in [0.29, 0.717) is 23.9 Å². The van der Waals surface area contributed by atoms with Crippen LogP contribution in [-0.4, -0.2) is 42.9 Å². The summed E-state index contributed by atoms with van der Waals surface area (Å²) in [5, 5.41) is 4.81. The van der Waals surface area contributed by atoms with Gasteiger partial charge >= 0.3 is 6.43 Å². The van der Waals surface area contributed by atoms with E-state index >= 15 is 0 Å². The van der Waals surface area contributed by atoms with Crippen molar-refractivity contribution in [2.24, 2.45) is 0 Å². The number of carbonyl (C=O) groups is 1. The molecule has 0 aliphatic carbocycles. The van der Waals surface area contributed by atoms with E-state index in [2.05, 4.69) is 15.1 Å². The van der Waals surface area contributed by atoms with E-state index < -0.39 is 12.2 Å². The minimum atomic E-state index is -3.20. The second kappa shape index (κ2) is 9.07. The number of halogens is 3. The number of Topliss-reactive ketones (excluding diaryl/α,β-unsaturated/α-hetero) is 1. The highest BCUT2D eigenvalue weighted by Crippen LogP contribution is 2.23. The van der Waals surface area contributed by atoms with Crippen LogP contribution in [0.15, 0.2) is 53.6 Å². The number of anilines is 1. The van der Waals surface area contributed by atoms with E-state index in [-0.39, 0.29) is 34.0 Å². The summed E-state index contributed by atoms with van der Waals surface area (Å²) < 4.78 is 29.2. The van der Waals surface area contributed by atoms with Crippen molar-refractivity contribution in [1.82, 2.24) is 24.1 Å². The Morgan fingerprint density at radius 3 is 2.61 bits per heavy atom. The van der Waals surface area contributed by atoms with Gasteiger partial charge in [0.15, 0.2) is 5.82 Å². The van der Waals surface area contributed by atoms with Gasteiger partial charge in [-0.15, -0.1) is 0 Å². The molecule has 0 unspecified atom stereocenters. The monoisotopic (exact) mass is 472 g/mol. The van der Waals surface area contributed by atoms with Gasteiger partial charge in [-0.2, -0.15) is 5.10 Å². The van der Waals surface area contributed by atoms with Gasteiger partial charge in [0.05, 0.1) is 22.8 Å². The Balaban J connectivity index is 1.90. The van der Waals surface area contributed by atoms with Gasteiger partial charge < -0.3 is 4.90 Å². The Bertz CT molecular complexity index is 1390. The second-order valence-corrected chi connectivity index (χ2v) is 7.59. The van der Waals surface area contributed by atoms with E-state index in [9.17, 15) is 18.4 Å². The maximum absolute atomic E-state index is 13.4. The maximum atomic E-state index is 13.4. The maximum Gasteiger partial charge on any atom is 0.300 e. The summed E-state index contributed by atoms with van der Waals surface area (Å²) in [5.74, 6) is -0.700. The Hall–Kier alpha value is -3.66. The molecule has 170 valence electrons. The van der Waals surface area contributed by atoms with Gasteiger partial charge in [-0.1, -0.05) is 29.8 Å². The van der Waals surface area contributed by atoms with Crippen molar-refractivity contribution in [2.45, 2.75) is 26.8 Å². The van der Waals surface area contributed by atoms with Gasteiger partial charge in [0.2, 0.25) is 5.78 Å². The SMILES string of the molecule is CCN(Cc1nn2ccc(Cl)c2c(=O)n1-c1ccccc1)c1nc(C)ncc1C(=O)C(F)F. The molecule has 3 aromatic heterocycles. The third kappa shape index (κ3) is 4.21. The second-order valence-electron chi connectivity index (χ2n) is 7.18. The molecule has 8 nitrogen and oxygen atoms in total. The van der Waals surface area contributed by atoms with Crippen molar-refractivity contribution < 1.29 is 13.6 Å². The smallest absolute Gasteiger partial charge is 0.300 e. The Morgan fingerprint density at radius 1 is 1.21 bits per heavy atom. The predicted molar refractivity (Wildman–Crippen MR) is 120 cm³/mol. The summed E-state index contributed by atoms with van der Waals surface area (Å²) in [7, 11) is 0. The molecule has 0 amide bonds. The van der Waals surface area contributed by atoms with Crippen LogP contribution in [0.5, 0.6) is 0 Å². The zero-order valence-corrected chi connectivity index (χ0v) is 18.5. The van der Waals surface area contributed by atoms with Gasteiger partial charge in [-0.05, 0) is 32.0 Å². The topological polar surface area (TPSA) is 85.4 Å². The first-order valence-corrected chi connectivity index (χ1v) is 10.4. The standard InChI is InChI=1S/C22H19ClF2N6O2/c1-3-29(21-15(19(32)20(24)25)11-26-13(2)27-21)12-17-28-30-10-9-16(23)18(30)22(33)31(17)14-7-5-4-6-8-14/h4-11,20H,3,12H2,1-2H3. The lowest BCUT2D eigenvalue weighted by molar-refractivity contribution is 0.0678. The number of aromatic nitrogens is 5. The number of hydrogen-bond donors (Lipinski definition) is 0. The molecule has 0 saturated carbocycles. The lowest BCUT2D eigenvalue weighted by Crippen LogP contribution is -2.33. The summed E-state index contributed by atoms with van der Waals surface area (Å²) in [4.78, 5) is 35.3. The molecule has 0 saturated heterocycles. The molecule has 3 heterocycles. The minimum Gasteiger partial charge on any atom is -0.349 e. The first-order valence-electron chi connectivity index (χ1n) is 10.1. The van der Waals surface area contributed by atoms with E-state index in [1.54, 1.807) is 55.3 Å². The van der Waals surface area contributed by atoms with Gasteiger partial charge in [0.1, 0.15) is 17.2 Å². The number of ketones is 1. The molecular weight excluding hydrogens is 454 g/mol. The molecule has 0 bridgehead atoms. The average molecular weight is 473 g/mol. The van der Waals surface area contributed by atoms with Crippen molar-refractivity contribution in [3.05, 3.63) is 81.4 Å². The van der Waals surface area contributed by atoms with Crippen molar-refractivity contribution in [3.63, 3.8) is 0 Å². The number of nitrogens with zero attached hydrogens (tertiary/aromatic N) is 6. The number of aryl methyl sites for hydroxylation is 1. The first kappa shape index (κ1) is 22.5. The molecule has 0 radical (unpaired) electrons. The average Bonchev–Trinajstić information content (AvgIpc) is 3.18. The molecule has 0 fully saturated rings. The van der Waals surface area contributed by atoms with Crippen LogP contribution < -0.4 is 10.5 Å². The van der Waals surface area contributed by atoms with Crippen LogP contribution in [0.1, 0.15) is 28.9 Å². The molecule has 33 heavy (non-hydrogen) atoms. The molecule has 1 aromatic carbocycles. The molecule has 4 rings (SSSR count). The Labute approximate surface area is 192 Å². The summed E-state index contributed by atoms with van der Waals surface area (Å²) in [6.45, 7) is 3.69. The van der Waals surface area contributed by atoms with Crippen molar-refractivity contribution in [3.8, 4) is 5.69 Å². The molecule has 0 N–H and O–H groups in total. The normalized spacial score (nSPS) is 11.3. The number of para-hydroxylation sites is 1. The number of hydrogen-bond acceptors (Lipinski definition) is 6. The largest absolute Gasteiger partial charge is 0.349 e. The molecule has 0 aliphatic heterocycles. The zero-order chi connectivity index (χ0) is 23.7. The van der Waals surface area contributed by atoms with E-state index in [4.69, 9.17) is 11.6 Å². The molecule has 0 aliphatic rings. The lowest BCUT2D eigenvalue weighted by atomic mass is 10.2. The van der Waals surface area contributed by atoms with Crippen LogP contribution in [0.3, 0.4) is 0 Å². The van der Waals surface area contributed by atoms with Crippen LogP contribution in [0.4, 0.5) is 14.6 Å². The first-order chi connectivity index (χ1) is 15.8. The number of carbonyl (C=O) groups excluding carboxylic acids is 1. The lowest BCUT2D eigenvalue weighted by Gasteiger charge is -2.25. The van der Waals surface area contributed by atoms with Crippen LogP contribution in [0.2, 0.25) is 5.02 Å². The van der Waals surface area contributed by atoms with Crippen LogP contribution >= 0.6 is 11.6 Å². The third-order valence-corrected chi connectivity index (χ3v) is 5.39. The van der Waals surface area contributed by atoms with Gasteiger partial charge in [-0.25, -0.2) is 23.3 Å². The zero-order valence-electron chi connectivity index (χ0n) is 17.7. The van der Waals surface area contributed by atoms with Crippen molar-refractivity contribution in [1.29, 1.82) is 0 Å². The molecular formula is C22H19ClF2N6O2. The predicted octanol–water partition coefficient (Wildman–Crippen LogP) is 3.71. The van der Waals surface area contributed by atoms with Gasteiger partial charge in [-0.3, -0.25) is 14.2 Å². The fraction of sp³-hybridized carbons (Fsp3) is 0.227. The minimum absolute atomic E-state index is 0.00629. The fourth-order valence-corrected chi connectivity index (χ4v) is 3.74. The summed E-state index contributed by atoms with van der Waals surface area (Å²) >= 11 is 6.21. The summed E-state index contributed by atoms with van der Waals surface area (Å²) in [6, 6.07) is 10.4. The quantitative estimate of drug-likeness (QED) is 0.381. The van der Waals surface area contributed by atoms with E-state index in [0.717, 1.165) is 6.20 Å². The highest BCUT2D eigenvalue weighted by molar-refractivity contribution is 6.33. The highest BCUT2D eigenvalue weighted by Gasteiger charge is 2.26. The number of fused-ring (bicyclic) bond motifs is 1. The fourth-order valence-electron chi connectivity index (χ4n) is 3.52. The summed E-state index contributed by atoms with van der Waals surface area (Å²) in [5.41, 5.74) is 0.0819. The summed E-state index contributed by atoms with van der Waals surface area (Å²) in [6.07, 6.45) is -0.538. The van der Waals surface area contributed by atoms with Crippen molar-refractivity contribution in [2.75, 3.05) is 11.4 Å². The van der Waals surface area contributed by atoms with Crippen molar-refractivity contribution >= 4 is 28.7 Å². The number of alkyl halides is 2. The van der Waals surface area contributed by atoms with E-state index in [1.165, 1.54) is 9.08 Å². The molecule has 11 heteroatoms. The Kier molecular flexibility index (Phi) is 6.19. The molecule has 0 spiro atoms. The molecule has 4 aromatic rings. The number of benzene rings is 1. The highest BCUT2D eigenvalue weighted by atomic mass is 35.5. The Morgan fingerprint density at radius 2 is 1.94 bits per heavy atom. The van der Waals surface area contributed by atoms with E-state index in [1.807, 2.05) is 6.07 Å². The molecule has 0 atom stereocenters. The van der Waals surface area contributed by atoms with Crippen LogP contribution in [-0.2, 0) is 6.54 Å². The van der Waals surface area contributed by atoms with Crippen LogP contribution in [0, 0.1) is 6.92 Å². The van der Waals surface area contributed by atoms with Gasteiger partial charge in [0.25, 0.3) is 5.56 Å². The van der Waals surface area contributed by atoms with Gasteiger partial charge in [0, 0.05) is 18.9 Å². The van der Waals surface area contributed by atoms with Crippen LogP contribution in [0.25, 0.3) is 11.2 Å².